The summed E-state index contributed by atoms with van der Waals surface area (Å²) in [7, 11) is 3.46. The van der Waals surface area contributed by atoms with Gasteiger partial charge in [0.05, 0.1) is 18.7 Å². The lowest BCUT2D eigenvalue weighted by Gasteiger charge is -2.41. The third kappa shape index (κ3) is 3.83. The highest BCUT2D eigenvalue weighted by atomic mass is 16.3. The lowest BCUT2D eigenvalue weighted by atomic mass is 9.92. The summed E-state index contributed by atoms with van der Waals surface area (Å²) in [5, 5.41) is 13.8. The summed E-state index contributed by atoms with van der Waals surface area (Å²) < 4.78 is 0. The Morgan fingerprint density at radius 3 is 3.05 bits per heavy atom. The van der Waals surface area contributed by atoms with Crippen LogP contribution in [0.4, 0.5) is 11.6 Å². The van der Waals surface area contributed by atoms with Gasteiger partial charge in [-0.15, -0.1) is 0 Å². The van der Waals surface area contributed by atoms with Crippen LogP contribution in [0.2, 0.25) is 0 Å². The van der Waals surface area contributed by atoms with Crippen LogP contribution in [0.25, 0.3) is 0 Å². The molecule has 2 rings (SSSR count). The number of amides is 1. The van der Waals surface area contributed by atoms with E-state index in [0.717, 1.165) is 24.6 Å². The highest BCUT2D eigenvalue weighted by molar-refractivity contribution is 5.77. The van der Waals surface area contributed by atoms with Gasteiger partial charge in [-0.3, -0.25) is 4.79 Å². The van der Waals surface area contributed by atoms with Gasteiger partial charge in [0.1, 0.15) is 18.0 Å². The minimum Gasteiger partial charge on any atom is -0.386 e. The first-order valence-electron chi connectivity index (χ1n) is 7.38. The van der Waals surface area contributed by atoms with E-state index in [0.29, 0.717) is 13.0 Å². The number of nitrogens with two attached hydrogens (primary N) is 1. The van der Waals surface area contributed by atoms with Gasteiger partial charge in [0, 0.05) is 33.3 Å². The van der Waals surface area contributed by atoms with E-state index in [9.17, 15) is 9.90 Å². The number of carbonyl (C=O) groups excluding carboxylic acids is 1. The Kier molecular flexibility index (Phi) is 5.15. The van der Waals surface area contributed by atoms with Gasteiger partial charge in [-0.2, -0.15) is 0 Å². The Labute approximate surface area is 130 Å². The molecule has 122 valence electrons. The maximum atomic E-state index is 11.6. The van der Waals surface area contributed by atoms with Crippen molar-refractivity contribution in [2.24, 2.45) is 5.73 Å². The van der Waals surface area contributed by atoms with Gasteiger partial charge in [-0.1, -0.05) is 0 Å². The molecule has 22 heavy (non-hydrogen) atoms. The maximum Gasteiger partial charge on any atom is 0.236 e. The molecule has 1 aromatic rings. The van der Waals surface area contributed by atoms with Crippen molar-refractivity contribution in [3.63, 3.8) is 0 Å². The minimum absolute atomic E-state index is 0.0479. The summed E-state index contributed by atoms with van der Waals surface area (Å²) in [5.41, 5.74) is 4.41. The van der Waals surface area contributed by atoms with E-state index in [1.807, 2.05) is 11.0 Å². The number of carbonyl (C=O) groups is 1. The van der Waals surface area contributed by atoms with Crippen molar-refractivity contribution >= 4 is 17.5 Å². The molecule has 1 aromatic heterocycles. The fourth-order valence-corrected chi connectivity index (χ4v) is 2.78. The van der Waals surface area contributed by atoms with E-state index < -0.39 is 5.60 Å². The second-order valence-corrected chi connectivity index (χ2v) is 5.71. The molecular weight excluding hydrogens is 284 g/mol. The topological polar surface area (TPSA) is 108 Å². The molecule has 1 aliphatic heterocycles. The van der Waals surface area contributed by atoms with Crippen LogP contribution in [0.3, 0.4) is 0 Å². The van der Waals surface area contributed by atoms with Crippen LogP contribution in [0.1, 0.15) is 12.8 Å². The molecule has 1 saturated heterocycles. The summed E-state index contributed by atoms with van der Waals surface area (Å²) in [6.07, 6.45) is 2.98. The first kappa shape index (κ1) is 16.4. The third-order valence-electron chi connectivity index (χ3n) is 3.92. The number of β-amino-alcohol motifs (C(OH)–C–C–N with tert-alkyl or cyclic N) is 1. The number of aromatic nitrogens is 2. The van der Waals surface area contributed by atoms with Gasteiger partial charge in [-0.05, 0) is 12.8 Å². The number of nitrogens with zero attached hydrogens (tertiary/aromatic N) is 4. The highest BCUT2D eigenvalue weighted by Crippen LogP contribution is 2.26. The lowest BCUT2D eigenvalue weighted by molar-refractivity contribution is -0.132. The SMILES string of the molecule is CNc1cc(N2CCCC(O)(CN(C)C(=O)CN)C2)ncn1. The average Bonchev–Trinajstić information content (AvgIpc) is 2.53. The molecule has 8 nitrogen and oxygen atoms in total. The van der Waals surface area contributed by atoms with Gasteiger partial charge in [0.2, 0.25) is 5.91 Å². The molecule has 0 spiro atoms. The van der Waals surface area contributed by atoms with Crippen molar-refractivity contribution in [2.75, 3.05) is 50.5 Å². The second kappa shape index (κ2) is 6.89. The van der Waals surface area contributed by atoms with Crippen molar-refractivity contribution in [3.8, 4) is 0 Å². The molecule has 0 aliphatic carbocycles. The van der Waals surface area contributed by atoms with Crippen LogP contribution in [0.15, 0.2) is 12.4 Å². The zero-order chi connectivity index (χ0) is 16.2. The molecule has 1 atom stereocenters. The Morgan fingerprint density at radius 2 is 2.36 bits per heavy atom. The number of rotatable bonds is 5. The molecule has 1 fully saturated rings. The summed E-state index contributed by atoms with van der Waals surface area (Å²) in [4.78, 5) is 23.5. The molecule has 4 N–H and O–H groups in total. The molecule has 0 aromatic carbocycles. The van der Waals surface area contributed by atoms with Gasteiger partial charge in [0.25, 0.3) is 0 Å². The molecule has 1 amide bonds. The molecule has 2 heterocycles. The van der Waals surface area contributed by atoms with Crippen molar-refractivity contribution in [3.05, 3.63) is 12.4 Å². The van der Waals surface area contributed by atoms with Crippen molar-refractivity contribution in [1.82, 2.24) is 14.9 Å². The van der Waals surface area contributed by atoms with Crippen molar-refractivity contribution < 1.29 is 9.90 Å². The largest absolute Gasteiger partial charge is 0.386 e. The number of piperidine rings is 1. The summed E-state index contributed by atoms with van der Waals surface area (Å²) in [5.74, 6) is 1.32. The summed E-state index contributed by atoms with van der Waals surface area (Å²) in [6, 6.07) is 1.85. The quantitative estimate of drug-likeness (QED) is 0.658. The second-order valence-electron chi connectivity index (χ2n) is 5.71. The molecule has 8 heteroatoms. The Bertz CT molecular complexity index is 526. The molecule has 0 saturated carbocycles. The first-order chi connectivity index (χ1) is 10.5. The minimum atomic E-state index is -0.956. The van der Waals surface area contributed by atoms with Crippen molar-refractivity contribution in [2.45, 2.75) is 18.4 Å². The first-order valence-corrected chi connectivity index (χ1v) is 7.38. The van der Waals surface area contributed by atoms with Crippen LogP contribution in [-0.2, 0) is 4.79 Å². The average molecular weight is 308 g/mol. The normalized spacial score (nSPS) is 21.5. The zero-order valence-electron chi connectivity index (χ0n) is 13.1. The standard InChI is InChI=1S/C14H24N6O2/c1-16-11-6-12(18-10-17-11)20-5-3-4-14(22,9-20)8-19(2)13(21)7-15/h6,10,22H,3-5,7-9,15H2,1-2H3,(H,16,17,18). The van der Waals surface area contributed by atoms with E-state index in [4.69, 9.17) is 5.73 Å². The van der Waals surface area contributed by atoms with E-state index in [-0.39, 0.29) is 19.0 Å². The number of nitrogens with one attached hydrogen (secondary N) is 1. The van der Waals surface area contributed by atoms with Crippen LogP contribution in [0.5, 0.6) is 0 Å². The number of hydrogen-bond acceptors (Lipinski definition) is 7. The number of likely N-dealkylation sites (N-methyl/N-ethyl adjacent to an activating group) is 1. The molecule has 0 bridgehead atoms. The van der Waals surface area contributed by atoms with Gasteiger partial charge >= 0.3 is 0 Å². The maximum absolute atomic E-state index is 11.6. The van der Waals surface area contributed by atoms with Gasteiger partial charge < -0.3 is 26.0 Å². The zero-order valence-corrected chi connectivity index (χ0v) is 13.1. The Hall–Kier alpha value is -1.93. The number of hydrogen-bond donors (Lipinski definition) is 3. The van der Waals surface area contributed by atoms with Crippen LogP contribution in [-0.4, -0.2) is 71.8 Å². The van der Waals surface area contributed by atoms with E-state index in [2.05, 4.69) is 15.3 Å². The van der Waals surface area contributed by atoms with Crippen molar-refractivity contribution in [1.29, 1.82) is 0 Å². The van der Waals surface area contributed by atoms with E-state index >= 15 is 0 Å². The predicted octanol–water partition coefficient (Wildman–Crippen LogP) is -0.733. The number of anilines is 2. The highest BCUT2D eigenvalue weighted by Gasteiger charge is 2.35. The number of aliphatic hydroxyl groups is 1. The van der Waals surface area contributed by atoms with Crippen LogP contribution < -0.4 is 16.0 Å². The fraction of sp³-hybridized carbons (Fsp3) is 0.643. The smallest absolute Gasteiger partial charge is 0.236 e. The Balaban J connectivity index is 2.08. The molecule has 1 aliphatic rings. The predicted molar refractivity (Wildman–Crippen MR) is 84.7 cm³/mol. The van der Waals surface area contributed by atoms with E-state index in [1.165, 1.54) is 11.2 Å². The summed E-state index contributed by atoms with van der Waals surface area (Å²) >= 11 is 0. The van der Waals surface area contributed by atoms with Crippen LogP contribution >= 0.6 is 0 Å². The lowest BCUT2D eigenvalue weighted by Crippen LogP contribution is -2.55. The van der Waals surface area contributed by atoms with Gasteiger partial charge in [-0.25, -0.2) is 9.97 Å². The monoisotopic (exact) mass is 308 g/mol. The Morgan fingerprint density at radius 1 is 1.59 bits per heavy atom. The molecular formula is C14H24N6O2. The summed E-state index contributed by atoms with van der Waals surface area (Å²) in [6.45, 7) is 1.46. The van der Waals surface area contributed by atoms with Gasteiger partial charge in [0.15, 0.2) is 0 Å². The third-order valence-corrected chi connectivity index (χ3v) is 3.92. The fourth-order valence-electron chi connectivity index (χ4n) is 2.78. The molecule has 1 unspecified atom stereocenters. The molecule has 0 radical (unpaired) electrons. The van der Waals surface area contributed by atoms with Crippen LogP contribution in [0, 0.1) is 0 Å². The van der Waals surface area contributed by atoms with E-state index in [1.54, 1.807) is 14.1 Å².